The Balaban J connectivity index is 2.52. The van der Waals surface area contributed by atoms with Crippen LogP contribution < -0.4 is 4.74 Å². The number of aromatic hydroxyl groups is 1. The highest BCUT2D eigenvalue weighted by atomic mass is 35.5. The van der Waals surface area contributed by atoms with Crippen molar-refractivity contribution in [2.24, 2.45) is 0 Å². The van der Waals surface area contributed by atoms with E-state index in [2.05, 4.69) is 0 Å². The molecule has 0 heterocycles. The number of benzene rings is 2. The second-order valence-electron chi connectivity index (χ2n) is 3.88. The minimum atomic E-state index is 0.177. The van der Waals surface area contributed by atoms with Crippen molar-refractivity contribution in [3.8, 4) is 22.6 Å². The van der Waals surface area contributed by atoms with Crippen molar-refractivity contribution in [1.82, 2.24) is 0 Å². The van der Waals surface area contributed by atoms with Gasteiger partial charge in [0.1, 0.15) is 11.5 Å². The summed E-state index contributed by atoms with van der Waals surface area (Å²) < 4.78 is 5.12. The lowest BCUT2D eigenvalue weighted by Gasteiger charge is -2.07. The van der Waals surface area contributed by atoms with Gasteiger partial charge in [0.15, 0.2) is 0 Å². The molecular weight excluding hydrogens is 236 g/mol. The maximum atomic E-state index is 9.60. The van der Waals surface area contributed by atoms with Crippen molar-refractivity contribution >= 4 is 11.6 Å². The van der Waals surface area contributed by atoms with Crippen LogP contribution in [0.5, 0.6) is 11.5 Å². The molecule has 0 bridgehead atoms. The Morgan fingerprint density at radius 1 is 1.06 bits per heavy atom. The van der Waals surface area contributed by atoms with Crippen LogP contribution in [0.4, 0.5) is 0 Å². The topological polar surface area (TPSA) is 29.5 Å². The van der Waals surface area contributed by atoms with Gasteiger partial charge < -0.3 is 9.84 Å². The molecule has 1 N–H and O–H groups in total. The van der Waals surface area contributed by atoms with Gasteiger partial charge in [-0.15, -0.1) is 0 Å². The summed E-state index contributed by atoms with van der Waals surface area (Å²) in [7, 11) is 1.57. The highest BCUT2D eigenvalue weighted by molar-refractivity contribution is 6.31. The monoisotopic (exact) mass is 248 g/mol. The van der Waals surface area contributed by atoms with Crippen molar-refractivity contribution in [3.05, 3.63) is 47.0 Å². The number of halogens is 1. The number of rotatable bonds is 2. The molecule has 0 amide bonds. The summed E-state index contributed by atoms with van der Waals surface area (Å²) in [6.07, 6.45) is 0. The maximum Gasteiger partial charge on any atom is 0.123 e. The molecule has 0 aliphatic heterocycles. The molecule has 0 aliphatic rings. The second-order valence-corrected chi connectivity index (χ2v) is 4.29. The van der Waals surface area contributed by atoms with Gasteiger partial charge in [0.2, 0.25) is 0 Å². The first kappa shape index (κ1) is 11.8. The average molecular weight is 249 g/mol. The third-order valence-corrected chi connectivity index (χ3v) is 3.04. The van der Waals surface area contributed by atoms with Crippen molar-refractivity contribution < 1.29 is 9.84 Å². The molecule has 17 heavy (non-hydrogen) atoms. The van der Waals surface area contributed by atoms with E-state index in [1.165, 1.54) is 0 Å². The van der Waals surface area contributed by atoms with Gasteiger partial charge in [0.05, 0.1) is 7.11 Å². The van der Waals surface area contributed by atoms with E-state index in [0.717, 1.165) is 16.7 Å². The Labute approximate surface area is 105 Å². The van der Waals surface area contributed by atoms with Gasteiger partial charge in [-0.1, -0.05) is 23.7 Å². The van der Waals surface area contributed by atoms with Crippen LogP contribution in [0.1, 0.15) is 5.56 Å². The van der Waals surface area contributed by atoms with E-state index in [4.69, 9.17) is 16.3 Å². The zero-order valence-electron chi connectivity index (χ0n) is 9.70. The number of hydrogen-bond acceptors (Lipinski definition) is 2. The lowest BCUT2D eigenvalue weighted by Crippen LogP contribution is -1.85. The lowest BCUT2D eigenvalue weighted by molar-refractivity contribution is 0.408. The third kappa shape index (κ3) is 2.53. The normalized spacial score (nSPS) is 10.3. The number of aryl methyl sites for hydroxylation is 1. The molecule has 0 unspecified atom stereocenters. The van der Waals surface area contributed by atoms with Crippen LogP contribution in [0.3, 0.4) is 0 Å². The molecule has 0 radical (unpaired) electrons. The number of hydrogen-bond donors (Lipinski definition) is 1. The zero-order valence-corrected chi connectivity index (χ0v) is 10.5. The number of phenolic OH excluding ortho intramolecular Hbond substituents is 1. The SMILES string of the molecule is COc1cc(O)cc(-c2ccc(C)c(Cl)c2)c1. The minimum absolute atomic E-state index is 0.177. The first-order chi connectivity index (χ1) is 8.10. The number of phenols is 1. The molecule has 0 saturated heterocycles. The standard InChI is InChI=1S/C14H13ClO2/c1-9-3-4-10(7-14(9)15)11-5-12(16)8-13(6-11)17-2/h3-8,16H,1-2H3. The predicted octanol–water partition coefficient (Wildman–Crippen LogP) is 4.03. The molecule has 0 saturated carbocycles. The van der Waals surface area contributed by atoms with E-state index in [-0.39, 0.29) is 5.75 Å². The molecule has 0 atom stereocenters. The van der Waals surface area contributed by atoms with Crippen LogP contribution in [0.2, 0.25) is 5.02 Å². The van der Waals surface area contributed by atoms with Gasteiger partial charge in [-0.25, -0.2) is 0 Å². The van der Waals surface area contributed by atoms with E-state index in [0.29, 0.717) is 10.8 Å². The predicted molar refractivity (Wildman–Crippen MR) is 69.8 cm³/mol. The summed E-state index contributed by atoms with van der Waals surface area (Å²) in [5.74, 6) is 0.799. The number of methoxy groups -OCH3 is 1. The molecule has 0 aromatic heterocycles. The van der Waals surface area contributed by atoms with E-state index in [9.17, 15) is 5.11 Å². The molecule has 0 spiro atoms. The van der Waals surface area contributed by atoms with Gasteiger partial charge in [-0.2, -0.15) is 0 Å². The van der Waals surface area contributed by atoms with Crippen LogP contribution in [0.25, 0.3) is 11.1 Å². The van der Waals surface area contributed by atoms with Crippen LogP contribution in [0.15, 0.2) is 36.4 Å². The minimum Gasteiger partial charge on any atom is -0.508 e. The summed E-state index contributed by atoms with van der Waals surface area (Å²) in [6.45, 7) is 1.95. The van der Waals surface area contributed by atoms with Gasteiger partial charge in [0, 0.05) is 11.1 Å². The van der Waals surface area contributed by atoms with Crippen molar-refractivity contribution in [3.63, 3.8) is 0 Å². The van der Waals surface area contributed by atoms with E-state index in [1.54, 1.807) is 19.2 Å². The third-order valence-electron chi connectivity index (χ3n) is 2.63. The van der Waals surface area contributed by atoms with Gasteiger partial charge >= 0.3 is 0 Å². The molecular formula is C14H13ClO2. The van der Waals surface area contributed by atoms with Gasteiger partial charge in [-0.3, -0.25) is 0 Å². The van der Waals surface area contributed by atoms with E-state index in [1.807, 2.05) is 31.2 Å². The van der Waals surface area contributed by atoms with Crippen LogP contribution >= 0.6 is 11.6 Å². The van der Waals surface area contributed by atoms with Crippen LogP contribution in [-0.2, 0) is 0 Å². The smallest absolute Gasteiger partial charge is 0.123 e. The molecule has 88 valence electrons. The summed E-state index contributed by atoms with van der Waals surface area (Å²) >= 11 is 6.08. The van der Waals surface area contributed by atoms with Crippen molar-refractivity contribution in [2.45, 2.75) is 6.92 Å². The molecule has 2 rings (SSSR count). The number of ether oxygens (including phenoxy) is 1. The molecule has 3 heteroatoms. The largest absolute Gasteiger partial charge is 0.508 e. The zero-order chi connectivity index (χ0) is 12.4. The Morgan fingerprint density at radius 2 is 1.82 bits per heavy atom. The summed E-state index contributed by atoms with van der Waals surface area (Å²) in [5, 5.41) is 10.3. The molecule has 2 aromatic carbocycles. The Morgan fingerprint density at radius 3 is 2.47 bits per heavy atom. The lowest BCUT2D eigenvalue weighted by atomic mass is 10.0. The van der Waals surface area contributed by atoms with Crippen molar-refractivity contribution in [2.75, 3.05) is 7.11 Å². The quantitative estimate of drug-likeness (QED) is 0.870. The van der Waals surface area contributed by atoms with Gasteiger partial charge in [0.25, 0.3) is 0 Å². The first-order valence-corrected chi connectivity index (χ1v) is 5.62. The summed E-state index contributed by atoms with van der Waals surface area (Å²) in [6, 6.07) is 10.9. The molecule has 2 aromatic rings. The highest BCUT2D eigenvalue weighted by Gasteiger charge is 2.04. The highest BCUT2D eigenvalue weighted by Crippen LogP contribution is 2.31. The molecule has 2 nitrogen and oxygen atoms in total. The summed E-state index contributed by atoms with van der Waals surface area (Å²) in [5.41, 5.74) is 2.86. The van der Waals surface area contributed by atoms with E-state index >= 15 is 0 Å². The fourth-order valence-corrected chi connectivity index (χ4v) is 1.82. The Hall–Kier alpha value is -1.67. The fourth-order valence-electron chi connectivity index (χ4n) is 1.64. The van der Waals surface area contributed by atoms with Gasteiger partial charge in [-0.05, 0) is 41.8 Å². The average Bonchev–Trinajstić information content (AvgIpc) is 2.32. The van der Waals surface area contributed by atoms with Crippen LogP contribution in [0, 0.1) is 6.92 Å². The molecule has 0 fully saturated rings. The molecule has 0 aliphatic carbocycles. The van der Waals surface area contributed by atoms with Crippen LogP contribution in [-0.4, -0.2) is 12.2 Å². The Kier molecular flexibility index (Phi) is 3.25. The Bertz CT molecular complexity index is 550. The first-order valence-electron chi connectivity index (χ1n) is 5.25. The van der Waals surface area contributed by atoms with Crippen molar-refractivity contribution in [1.29, 1.82) is 0 Å². The maximum absolute atomic E-state index is 9.60. The fraction of sp³-hybridized carbons (Fsp3) is 0.143. The summed E-state index contributed by atoms with van der Waals surface area (Å²) in [4.78, 5) is 0. The second kappa shape index (κ2) is 4.68. The van der Waals surface area contributed by atoms with E-state index < -0.39 is 0 Å².